The highest BCUT2D eigenvalue weighted by atomic mass is 32.1. The van der Waals surface area contributed by atoms with Crippen LogP contribution in [0.2, 0.25) is 0 Å². The number of hydrogen-bond donors (Lipinski definition) is 1. The van der Waals surface area contributed by atoms with E-state index in [9.17, 15) is 14.4 Å². The van der Waals surface area contributed by atoms with Gasteiger partial charge in [-0.15, -0.1) is 11.3 Å². The molecule has 7 rings (SSSR count). The van der Waals surface area contributed by atoms with E-state index in [-0.39, 0.29) is 39.5 Å². The molecule has 4 bridgehead atoms. The topological polar surface area (TPSA) is 99.5 Å². The number of amides is 1. The molecule has 3 aromatic rings. The van der Waals surface area contributed by atoms with Crippen molar-refractivity contribution in [2.75, 3.05) is 11.9 Å². The lowest BCUT2D eigenvalue weighted by molar-refractivity contribution is -0.00765. The number of carbonyl (C=O) groups is 3. The highest BCUT2D eigenvalue weighted by Crippen LogP contribution is 2.61. The van der Waals surface area contributed by atoms with Crippen molar-refractivity contribution in [1.82, 2.24) is 9.78 Å². The summed E-state index contributed by atoms with van der Waals surface area (Å²) in [5, 5.41) is 8.38. The maximum Gasteiger partial charge on any atom is 0.348 e. The number of nitrogens with one attached hydrogen (secondary N) is 1. The van der Waals surface area contributed by atoms with Crippen LogP contribution in [0.25, 0.3) is 5.69 Å². The first-order chi connectivity index (χ1) is 19.7. The number of thiophene rings is 1. The fourth-order valence-corrected chi connectivity index (χ4v) is 8.81. The minimum atomic E-state index is -0.583. The lowest BCUT2D eigenvalue weighted by Gasteiger charge is -2.56. The molecule has 0 spiro atoms. The van der Waals surface area contributed by atoms with Crippen LogP contribution in [0.4, 0.5) is 5.00 Å². The molecule has 0 saturated heterocycles. The molecule has 2 aromatic heterocycles. The molecule has 1 aromatic carbocycles. The number of hydrogen-bond acceptors (Lipinski definition) is 7. The molecule has 9 heteroatoms. The molecule has 0 atom stereocenters. The van der Waals surface area contributed by atoms with E-state index in [2.05, 4.69) is 5.32 Å². The van der Waals surface area contributed by atoms with E-state index in [1.54, 1.807) is 32.4 Å². The molecule has 41 heavy (non-hydrogen) atoms. The minimum absolute atomic E-state index is 0.123. The van der Waals surface area contributed by atoms with Crippen molar-refractivity contribution in [2.24, 2.45) is 17.8 Å². The first-order valence-corrected chi connectivity index (χ1v) is 15.5. The number of carbonyl (C=O) groups excluding carboxylic acids is 3. The molecule has 0 radical (unpaired) electrons. The molecule has 1 N–H and O–H groups in total. The van der Waals surface area contributed by atoms with E-state index in [0.717, 1.165) is 42.0 Å². The van der Waals surface area contributed by atoms with Gasteiger partial charge in [-0.3, -0.25) is 4.79 Å². The van der Waals surface area contributed by atoms with Gasteiger partial charge in [0.05, 0.1) is 35.2 Å². The van der Waals surface area contributed by atoms with Crippen molar-refractivity contribution in [3.63, 3.8) is 0 Å². The summed E-state index contributed by atoms with van der Waals surface area (Å²) >= 11 is 1.05. The van der Waals surface area contributed by atoms with Gasteiger partial charge in [-0.25, -0.2) is 14.3 Å². The van der Waals surface area contributed by atoms with Gasteiger partial charge in [0.25, 0.3) is 5.91 Å². The third-order valence-corrected chi connectivity index (χ3v) is 10.1. The van der Waals surface area contributed by atoms with Gasteiger partial charge in [-0.1, -0.05) is 18.2 Å². The summed E-state index contributed by atoms with van der Waals surface area (Å²) < 4.78 is 12.5. The molecular formula is C32H37N3O5S. The van der Waals surface area contributed by atoms with Gasteiger partial charge in [0.15, 0.2) is 0 Å². The second kappa shape index (κ2) is 10.7. The highest BCUT2D eigenvalue weighted by molar-refractivity contribution is 7.18. The van der Waals surface area contributed by atoms with Crippen molar-refractivity contribution in [1.29, 1.82) is 0 Å². The summed E-state index contributed by atoms with van der Waals surface area (Å²) in [6, 6.07) is 9.83. The number of esters is 2. The average molecular weight is 576 g/mol. The zero-order valence-electron chi connectivity index (χ0n) is 24.1. The zero-order chi connectivity index (χ0) is 28.9. The number of ether oxygens (including phenoxy) is 2. The number of anilines is 1. The van der Waals surface area contributed by atoms with E-state index >= 15 is 0 Å². The predicted octanol–water partition coefficient (Wildman–Crippen LogP) is 6.70. The molecular weight excluding hydrogens is 538 g/mol. The Labute approximate surface area is 244 Å². The second-order valence-electron chi connectivity index (χ2n) is 12.3. The second-order valence-corrected chi connectivity index (χ2v) is 13.3. The number of benzene rings is 1. The van der Waals surface area contributed by atoms with Gasteiger partial charge in [0.1, 0.15) is 9.88 Å². The number of nitrogens with zero attached hydrogens (tertiary/aromatic N) is 2. The molecule has 4 aliphatic rings. The number of rotatable bonds is 8. The lowest BCUT2D eigenvalue weighted by Crippen LogP contribution is -2.49. The van der Waals surface area contributed by atoms with E-state index in [1.807, 2.05) is 36.5 Å². The Morgan fingerprint density at radius 2 is 1.68 bits per heavy atom. The normalized spacial score (nSPS) is 24.5. The highest BCUT2D eigenvalue weighted by Gasteiger charge is 2.54. The predicted molar refractivity (Wildman–Crippen MR) is 157 cm³/mol. The largest absolute Gasteiger partial charge is 0.462 e. The SMILES string of the molecule is CCOC(=O)c1sc(NC(=O)c2cn(-c3ccccc3)nc2C23CC4CC(CC(C4)C2)C3)c(C(=O)OC(C)C)c1C. The van der Waals surface area contributed by atoms with Crippen LogP contribution in [0.5, 0.6) is 0 Å². The van der Waals surface area contributed by atoms with Gasteiger partial charge < -0.3 is 14.8 Å². The van der Waals surface area contributed by atoms with Gasteiger partial charge in [-0.2, -0.15) is 5.10 Å². The maximum absolute atomic E-state index is 14.2. The Bertz CT molecular complexity index is 1450. The van der Waals surface area contributed by atoms with Crippen LogP contribution < -0.4 is 5.32 Å². The Hall–Kier alpha value is -3.46. The van der Waals surface area contributed by atoms with Gasteiger partial charge in [0, 0.05) is 11.6 Å². The summed E-state index contributed by atoms with van der Waals surface area (Å²) in [5.41, 5.74) is 2.76. The Morgan fingerprint density at radius 1 is 1.05 bits per heavy atom. The molecule has 2 heterocycles. The first kappa shape index (κ1) is 27.7. The standard InChI is InChI=1S/C32H37N3O5S/c1-5-39-31(38)26-19(4)25(30(37)40-18(2)3)29(41-26)33-28(36)24-17-35(23-9-7-6-8-10-23)34-27(24)32-14-20-11-21(15-32)13-22(12-20)16-32/h6-10,17-18,20-22H,5,11-16H2,1-4H3,(H,33,36). The number of aromatic nitrogens is 2. The summed E-state index contributed by atoms with van der Waals surface area (Å²) in [6.45, 7) is 7.15. The first-order valence-electron chi connectivity index (χ1n) is 14.7. The van der Waals surface area contributed by atoms with Crippen LogP contribution in [0.15, 0.2) is 36.5 Å². The van der Waals surface area contributed by atoms with Crippen LogP contribution in [0.3, 0.4) is 0 Å². The molecule has 4 fully saturated rings. The smallest absolute Gasteiger partial charge is 0.348 e. The van der Waals surface area contributed by atoms with Crippen molar-refractivity contribution in [3.05, 3.63) is 63.8 Å². The third-order valence-electron chi connectivity index (χ3n) is 8.90. The summed E-state index contributed by atoms with van der Waals surface area (Å²) in [7, 11) is 0. The van der Waals surface area contributed by atoms with Crippen molar-refractivity contribution in [2.45, 2.75) is 77.7 Å². The van der Waals surface area contributed by atoms with Crippen molar-refractivity contribution in [3.8, 4) is 5.69 Å². The molecule has 0 aliphatic heterocycles. The van der Waals surface area contributed by atoms with E-state index in [1.165, 1.54) is 19.3 Å². The van der Waals surface area contributed by atoms with E-state index in [4.69, 9.17) is 14.6 Å². The van der Waals surface area contributed by atoms with Crippen LogP contribution in [0.1, 0.15) is 101 Å². The molecule has 1 amide bonds. The minimum Gasteiger partial charge on any atom is -0.462 e. The van der Waals surface area contributed by atoms with Crippen LogP contribution in [0, 0.1) is 24.7 Å². The summed E-state index contributed by atoms with van der Waals surface area (Å²) in [4.78, 5) is 40.3. The van der Waals surface area contributed by atoms with Crippen LogP contribution in [-0.4, -0.2) is 40.3 Å². The fraction of sp³-hybridized carbons (Fsp3) is 0.500. The molecule has 4 saturated carbocycles. The lowest BCUT2D eigenvalue weighted by atomic mass is 9.48. The molecule has 216 valence electrons. The Balaban J connectivity index is 1.41. The fourth-order valence-electron chi connectivity index (χ4n) is 7.73. The Kier molecular flexibility index (Phi) is 7.26. The summed E-state index contributed by atoms with van der Waals surface area (Å²) in [5.74, 6) is 0.602. The maximum atomic E-state index is 14.2. The van der Waals surface area contributed by atoms with Crippen LogP contribution >= 0.6 is 11.3 Å². The molecule has 8 nitrogen and oxygen atoms in total. The van der Waals surface area contributed by atoms with Crippen molar-refractivity contribution >= 4 is 34.2 Å². The average Bonchev–Trinajstić information content (AvgIpc) is 3.51. The van der Waals surface area contributed by atoms with Gasteiger partial charge >= 0.3 is 11.9 Å². The monoisotopic (exact) mass is 575 g/mol. The molecule has 0 unspecified atom stereocenters. The molecule has 4 aliphatic carbocycles. The van der Waals surface area contributed by atoms with Gasteiger partial charge in [0.2, 0.25) is 0 Å². The third kappa shape index (κ3) is 5.09. The Morgan fingerprint density at radius 3 is 2.27 bits per heavy atom. The number of para-hydroxylation sites is 1. The summed E-state index contributed by atoms with van der Waals surface area (Å²) in [6.07, 6.45) is 8.48. The van der Waals surface area contributed by atoms with E-state index in [0.29, 0.717) is 28.9 Å². The van der Waals surface area contributed by atoms with Crippen LogP contribution in [-0.2, 0) is 14.9 Å². The van der Waals surface area contributed by atoms with Gasteiger partial charge in [-0.05, 0) is 102 Å². The van der Waals surface area contributed by atoms with E-state index < -0.39 is 11.9 Å². The van der Waals surface area contributed by atoms with Crippen molar-refractivity contribution < 1.29 is 23.9 Å². The zero-order valence-corrected chi connectivity index (χ0v) is 24.9. The quantitative estimate of drug-likeness (QED) is 0.300.